The fourth-order valence-corrected chi connectivity index (χ4v) is 2.24. The second-order valence-corrected chi connectivity index (χ2v) is 4.78. The quantitative estimate of drug-likeness (QED) is 0.869. The molecule has 0 spiro atoms. The van der Waals surface area contributed by atoms with Crippen LogP contribution in [0.2, 0.25) is 0 Å². The van der Waals surface area contributed by atoms with Gasteiger partial charge in [0.2, 0.25) is 0 Å². The van der Waals surface area contributed by atoms with Crippen LogP contribution in [0.5, 0.6) is 0 Å². The van der Waals surface area contributed by atoms with Gasteiger partial charge in [-0.1, -0.05) is 6.07 Å². The molecule has 2 nitrogen and oxygen atoms in total. The Labute approximate surface area is 102 Å². The molecule has 0 aliphatic carbocycles. The van der Waals surface area contributed by atoms with Gasteiger partial charge in [0, 0.05) is 19.7 Å². The van der Waals surface area contributed by atoms with Gasteiger partial charge in [0.15, 0.2) is 0 Å². The van der Waals surface area contributed by atoms with Crippen LogP contribution in [0.15, 0.2) is 18.2 Å². The number of aryl methyl sites for hydroxylation is 1. The molecule has 0 bridgehead atoms. The minimum atomic E-state index is -0.160. The number of halogens is 1. The zero-order chi connectivity index (χ0) is 12.1. The van der Waals surface area contributed by atoms with Crippen molar-refractivity contribution in [2.45, 2.75) is 26.3 Å². The SMILES string of the molecule is Cc1cc(F)ccc1CNCC1CCCOC1. The van der Waals surface area contributed by atoms with E-state index in [0.717, 1.165) is 31.9 Å². The number of ether oxygens (including phenoxy) is 1. The lowest BCUT2D eigenvalue weighted by Gasteiger charge is -2.22. The summed E-state index contributed by atoms with van der Waals surface area (Å²) in [6, 6.07) is 4.96. The highest BCUT2D eigenvalue weighted by molar-refractivity contribution is 5.26. The standard InChI is InChI=1S/C14H20FNO/c1-11-7-14(15)5-4-13(11)9-16-8-12-3-2-6-17-10-12/h4-5,7,12,16H,2-3,6,8-10H2,1H3. The summed E-state index contributed by atoms with van der Waals surface area (Å²) >= 11 is 0. The van der Waals surface area contributed by atoms with Gasteiger partial charge in [0.05, 0.1) is 6.61 Å². The molecule has 0 aromatic heterocycles. The molecule has 3 heteroatoms. The van der Waals surface area contributed by atoms with Crippen LogP contribution in [0.1, 0.15) is 24.0 Å². The van der Waals surface area contributed by atoms with Gasteiger partial charge in [-0.15, -0.1) is 0 Å². The Bertz CT molecular complexity index is 361. The molecular formula is C14H20FNO. The maximum Gasteiger partial charge on any atom is 0.123 e. The normalized spacial score (nSPS) is 20.5. The molecule has 1 heterocycles. The minimum absolute atomic E-state index is 0.160. The van der Waals surface area contributed by atoms with Crippen molar-refractivity contribution in [1.29, 1.82) is 0 Å². The summed E-state index contributed by atoms with van der Waals surface area (Å²) in [5.74, 6) is 0.469. The van der Waals surface area contributed by atoms with Crippen LogP contribution >= 0.6 is 0 Å². The van der Waals surface area contributed by atoms with Crippen molar-refractivity contribution >= 4 is 0 Å². The molecule has 1 aliphatic heterocycles. The van der Waals surface area contributed by atoms with E-state index in [4.69, 9.17) is 4.74 Å². The smallest absolute Gasteiger partial charge is 0.123 e. The molecule has 1 atom stereocenters. The lowest BCUT2D eigenvalue weighted by atomic mass is 10.0. The van der Waals surface area contributed by atoms with Gasteiger partial charge in [-0.05, 0) is 48.9 Å². The van der Waals surface area contributed by atoms with E-state index >= 15 is 0 Å². The Morgan fingerprint density at radius 3 is 3.06 bits per heavy atom. The third-order valence-electron chi connectivity index (χ3n) is 3.31. The predicted molar refractivity (Wildman–Crippen MR) is 66.4 cm³/mol. The molecule has 1 saturated heterocycles. The summed E-state index contributed by atoms with van der Waals surface area (Å²) in [6.45, 7) is 5.52. The van der Waals surface area contributed by atoms with Crippen molar-refractivity contribution in [1.82, 2.24) is 5.32 Å². The fraction of sp³-hybridized carbons (Fsp3) is 0.571. The predicted octanol–water partition coefficient (Wildman–Crippen LogP) is 2.65. The largest absolute Gasteiger partial charge is 0.381 e. The Morgan fingerprint density at radius 1 is 1.47 bits per heavy atom. The van der Waals surface area contributed by atoms with Gasteiger partial charge in [-0.3, -0.25) is 0 Å². The number of benzene rings is 1. The van der Waals surface area contributed by atoms with Crippen LogP contribution < -0.4 is 5.32 Å². The third kappa shape index (κ3) is 3.79. The average molecular weight is 237 g/mol. The lowest BCUT2D eigenvalue weighted by molar-refractivity contribution is 0.0547. The van der Waals surface area contributed by atoms with Gasteiger partial charge < -0.3 is 10.1 Å². The molecule has 17 heavy (non-hydrogen) atoms. The van der Waals surface area contributed by atoms with E-state index in [1.807, 2.05) is 13.0 Å². The van der Waals surface area contributed by atoms with Gasteiger partial charge >= 0.3 is 0 Å². The molecule has 94 valence electrons. The third-order valence-corrected chi connectivity index (χ3v) is 3.31. The van der Waals surface area contributed by atoms with E-state index in [-0.39, 0.29) is 5.82 Å². The van der Waals surface area contributed by atoms with Crippen molar-refractivity contribution in [2.24, 2.45) is 5.92 Å². The zero-order valence-electron chi connectivity index (χ0n) is 10.3. The molecule has 1 aliphatic rings. The summed E-state index contributed by atoms with van der Waals surface area (Å²) < 4.78 is 18.4. The molecule has 1 aromatic rings. The maximum atomic E-state index is 12.9. The number of hydrogen-bond acceptors (Lipinski definition) is 2. The summed E-state index contributed by atoms with van der Waals surface area (Å²) in [7, 11) is 0. The molecule has 2 rings (SSSR count). The Balaban J connectivity index is 1.77. The first-order valence-electron chi connectivity index (χ1n) is 6.29. The molecule has 1 fully saturated rings. The molecular weight excluding hydrogens is 217 g/mol. The Kier molecular flexibility index (Phi) is 4.51. The minimum Gasteiger partial charge on any atom is -0.381 e. The number of rotatable bonds is 4. The topological polar surface area (TPSA) is 21.3 Å². The van der Waals surface area contributed by atoms with Crippen molar-refractivity contribution in [3.8, 4) is 0 Å². The van der Waals surface area contributed by atoms with Crippen LogP contribution in [0.4, 0.5) is 4.39 Å². The second kappa shape index (κ2) is 6.12. The fourth-order valence-electron chi connectivity index (χ4n) is 2.24. The Hall–Kier alpha value is -0.930. The monoisotopic (exact) mass is 237 g/mol. The Morgan fingerprint density at radius 2 is 2.35 bits per heavy atom. The van der Waals surface area contributed by atoms with Crippen LogP contribution in [-0.4, -0.2) is 19.8 Å². The summed E-state index contributed by atoms with van der Waals surface area (Å²) in [5, 5.41) is 3.43. The number of nitrogens with one attached hydrogen (secondary N) is 1. The maximum absolute atomic E-state index is 12.9. The van der Waals surface area contributed by atoms with Gasteiger partial charge in [0.1, 0.15) is 5.82 Å². The first-order chi connectivity index (χ1) is 8.25. The van der Waals surface area contributed by atoms with E-state index in [9.17, 15) is 4.39 Å². The van der Waals surface area contributed by atoms with E-state index in [1.165, 1.54) is 24.5 Å². The average Bonchev–Trinajstić information content (AvgIpc) is 2.33. The van der Waals surface area contributed by atoms with Crippen molar-refractivity contribution < 1.29 is 9.13 Å². The molecule has 1 unspecified atom stereocenters. The van der Waals surface area contributed by atoms with E-state index < -0.39 is 0 Å². The molecule has 0 saturated carbocycles. The van der Waals surface area contributed by atoms with Crippen LogP contribution in [0, 0.1) is 18.7 Å². The number of hydrogen-bond donors (Lipinski definition) is 1. The second-order valence-electron chi connectivity index (χ2n) is 4.78. The molecule has 1 N–H and O–H groups in total. The first kappa shape index (κ1) is 12.5. The van der Waals surface area contributed by atoms with Crippen molar-refractivity contribution in [3.63, 3.8) is 0 Å². The van der Waals surface area contributed by atoms with Crippen molar-refractivity contribution in [2.75, 3.05) is 19.8 Å². The van der Waals surface area contributed by atoms with E-state index in [1.54, 1.807) is 6.07 Å². The first-order valence-corrected chi connectivity index (χ1v) is 6.29. The van der Waals surface area contributed by atoms with E-state index in [2.05, 4.69) is 5.32 Å². The molecule has 0 amide bonds. The van der Waals surface area contributed by atoms with E-state index in [0.29, 0.717) is 5.92 Å². The zero-order valence-corrected chi connectivity index (χ0v) is 10.3. The van der Waals surface area contributed by atoms with Crippen LogP contribution in [0.3, 0.4) is 0 Å². The highest BCUT2D eigenvalue weighted by Crippen LogP contribution is 2.13. The summed E-state index contributed by atoms with van der Waals surface area (Å²) in [6.07, 6.45) is 2.41. The van der Waals surface area contributed by atoms with Gasteiger partial charge in [-0.25, -0.2) is 4.39 Å². The highest BCUT2D eigenvalue weighted by Gasteiger charge is 2.13. The molecule has 1 aromatic carbocycles. The van der Waals surface area contributed by atoms with Crippen LogP contribution in [0.25, 0.3) is 0 Å². The summed E-state index contributed by atoms with van der Waals surface area (Å²) in [5.41, 5.74) is 2.18. The van der Waals surface area contributed by atoms with Gasteiger partial charge in [-0.2, -0.15) is 0 Å². The van der Waals surface area contributed by atoms with Crippen molar-refractivity contribution in [3.05, 3.63) is 35.1 Å². The highest BCUT2D eigenvalue weighted by atomic mass is 19.1. The van der Waals surface area contributed by atoms with Gasteiger partial charge in [0.25, 0.3) is 0 Å². The molecule has 0 radical (unpaired) electrons. The summed E-state index contributed by atoms with van der Waals surface area (Å²) in [4.78, 5) is 0. The van der Waals surface area contributed by atoms with Crippen LogP contribution in [-0.2, 0) is 11.3 Å². The lowest BCUT2D eigenvalue weighted by Crippen LogP contribution is -2.29.